The van der Waals surface area contributed by atoms with Crippen LogP contribution in [0.25, 0.3) is 0 Å². The fraction of sp³-hybridized carbons (Fsp3) is 0.812. The predicted molar refractivity (Wildman–Crippen MR) is 82.6 cm³/mol. The summed E-state index contributed by atoms with van der Waals surface area (Å²) in [6, 6.07) is 0.565. The van der Waals surface area contributed by atoms with E-state index in [9.17, 15) is 0 Å². The quantitative estimate of drug-likeness (QED) is 0.810. The monoisotopic (exact) mass is 306 g/mol. The molecule has 22 heavy (non-hydrogen) atoms. The molecule has 6 heteroatoms. The lowest BCUT2D eigenvalue weighted by atomic mass is 10.1. The molecule has 0 bridgehead atoms. The minimum Gasteiger partial charge on any atom is -0.380 e. The molecule has 0 aromatic carbocycles. The van der Waals surface area contributed by atoms with Crippen molar-refractivity contribution in [3.05, 3.63) is 18.2 Å². The normalized spacial score (nSPS) is 31.1. The summed E-state index contributed by atoms with van der Waals surface area (Å²) in [7, 11) is 0. The van der Waals surface area contributed by atoms with Crippen LogP contribution in [0.1, 0.15) is 12.2 Å². The molecule has 4 rings (SSSR count). The van der Waals surface area contributed by atoms with Crippen molar-refractivity contribution in [1.29, 1.82) is 0 Å². The number of hydrogen-bond donors (Lipinski definition) is 0. The summed E-state index contributed by atoms with van der Waals surface area (Å²) in [5, 5.41) is 0. The highest BCUT2D eigenvalue weighted by Gasteiger charge is 2.30. The summed E-state index contributed by atoms with van der Waals surface area (Å²) in [6.45, 7) is 10.0. The van der Waals surface area contributed by atoms with Crippen molar-refractivity contribution >= 4 is 0 Å². The second kappa shape index (κ2) is 6.66. The molecule has 2 atom stereocenters. The van der Waals surface area contributed by atoms with Gasteiger partial charge in [-0.3, -0.25) is 9.80 Å². The molecule has 122 valence electrons. The zero-order chi connectivity index (χ0) is 14.8. The average Bonchev–Trinajstić information content (AvgIpc) is 3.18. The lowest BCUT2D eigenvalue weighted by Gasteiger charge is -2.33. The third-order valence-electron chi connectivity index (χ3n) is 5.14. The molecular formula is C16H26N4O2. The van der Waals surface area contributed by atoms with Crippen LogP contribution in [0, 0.1) is 5.92 Å². The standard InChI is InChI=1S/C16H26N4O2/c1-6-22-13-15(1)20-11-14(9-18-4-7-21-8-5-18)10-19-3-2-17-16(19)12-20/h2-3,14-15H,1,4-13H2/t14-,15+/m0/s1. The second-order valence-corrected chi connectivity index (χ2v) is 6.72. The molecule has 1 aromatic rings. The van der Waals surface area contributed by atoms with Crippen LogP contribution < -0.4 is 0 Å². The largest absolute Gasteiger partial charge is 0.380 e. The zero-order valence-corrected chi connectivity index (χ0v) is 13.2. The lowest BCUT2D eigenvalue weighted by Crippen LogP contribution is -2.44. The van der Waals surface area contributed by atoms with Gasteiger partial charge in [0.15, 0.2) is 0 Å². The van der Waals surface area contributed by atoms with E-state index in [1.807, 2.05) is 6.20 Å². The van der Waals surface area contributed by atoms with Gasteiger partial charge in [0.25, 0.3) is 0 Å². The summed E-state index contributed by atoms with van der Waals surface area (Å²) in [6.07, 6.45) is 5.23. The van der Waals surface area contributed by atoms with Crippen LogP contribution in [0.5, 0.6) is 0 Å². The Morgan fingerprint density at radius 2 is 2.05 bits per heavy atom. The molecule has 3 aliphatic heterocycles. The fourth-order valence-corrected chi connectivity index (χ4v) is 3.92. The SMILES string of the molecule is c1cn2c(n1)CN([C@@H]1CCOC1)C[C@@H](CN1CCOCC1)C2. The van der Waals surface area contributed by atoms with Crippen LogP contribution >= 0.6 is 0 Å². The zero-order valence-electron chi connectivity index (χ0n) is 13.2. The number of nitrogens with zero attached hydrogens (tertiary/aromatic N) is 4. The molecule has 0 radical (unpaired) electrons. The van der Waals surface area contributed by atoms with Gasteiger partial charge in [-0.15, -0.1) is 0 Å². The molecule has 6 nitrogen and oxygen atoms in total. The summed E-state index contributed by atoms with van der Waals surface area (Å²) in [4.78, 5) is 9.72. The van der Waals surface area contributed by atoms with Gasteiger partial charge >= 0.3 is 0 Å². The first-order valence-electron chi connectivity index (χ1n) is 8.50. The molecule has 1 aromatic heterocycles. The molecule has 2 fully saturated rings. The molecule has 2 saturated heterocycles. The summed E-state index contributed by atoms with van der Waals surface area (Å²) in [5.41, 5.74) is 0. The molecule has 0 saturated carbocycles. The van der Waals surface area contributed by atoms with Gasteiger partial charge in [-0.05, 0) is 6.42 Å². The maximum Gasteiger partial charge on any atom is 0.122 e. The third-order valence-corrected chi connectivity index (χ3v) is 5.14. The highest BCUT2D eigenvalue weighted by atomic mass is 16.5. The molecule has 0 N–H and O–H groups in total. The number of morpholine rings is 1. The third kappa shape index (κ3) is 3.20. The minimum absolute atomic E-state index is 0.565. The van der Waals surface area contributed by atoms with E-state index >= 15 is 0 Å². The summed E-state index contributed by atoms with van der Waals surface area (Å²) in [5.74, 6) is 1.85. The van der Waals surface area contributed by atoms with Gasteiger partial charge in [0.1, 0.15) is 5.82 Å². The van der Waals surface area contributed by atoms with Gasteiger partial charge in [-0.1, -0.05) is 0 Å². The summed E-state index contributed by atoms with van der Waals surface area (Å²) < 4.78 is 13.4. The van der Waals surface area contributed by atoms with Gasteiger partial charge in [-0.25, -0.2) is 4.98 Å². The van der Waals surface area contributed by atoms with Crippen LogP contribution in [-0.2, 0) is 22.6 Å². The number of rotatable bonds is 3. The molecule has 0 spiro atoms. The first-order valence-corrected chi connectivity index (χ1v) is 8.50. The van der Waals surface area contributed by atoms with Crippen molar-refractivity contribution in [1.82, 2.24) is 19.4 Å². The van der Waals surface area contributed by atoms with Crippen LogP contribution in [0.4, 0.5) is 0 Å². The highest BCUT2D eigenvalue weighted by molar-refractivity contribution is 4.97. The van der Waals surface area contributed by atoms with Gasteiger partial charge in [0, 0.05) is 63.7 Å². The molecule has 0 unspecified atom stereocenters. The van der Waals surface area contributed by atoms with Crippen LogP contribution in [0.3, 0.4) is 0 Å². The predicted octanol–water partition coefficient (Wildman–Crippen LogP) is 0.436. The maximum atomic E-state index is 5.61. The maximum absolute atomic E-state index is 5.61. The Kier molecular flexibility index (Phi) is 4.43. The van der Waals surface area contributed by atoms with Crippen LogP contribution in [0.15, 0.2) is 12.4 Å². The first kappa shape index (κ1) is 14.6. The van der Waals surface area contributed by atoms with Crippen molar-refractivity contribution < 1.29 is 9.47 Å². The van der Waals surface area contributed by atoms with Gasteiger partial charge in [-0.2, -0.15) is 0 Å². The van der Waals surface area contributed by atoms with E-state index in [0.29, 0.717) is 12.0 Å². The highest BCUT2D eigenvalue weighted by Crippen LogP contribution is 2.22. The van der Waals surface area contributed by atoms with Crippen LogP contribution in [-0.4, -0.2) is 78.0 Å². The van der Waals surface area contributed by atoms with Crippen molar-refractivity contribution in [3.63, 3.8) is 0 Å². The minimum atomic E-state index is 0.565. The fourth-order valence-electron chi connectivity index (χ4n) is 3.92. The van der Waals surface area contributed by atoms with E-state index in [4.69, 9.17) is 9.47 Å². The van der Waals surface area contributed by atoms with Crippen LogP contribution in [0.2, 0.25) is 0 Å². The van der Waals surface area contributed by atoms with E-state index in [2.05, 4.69) is 25.5 Å². The van der Waals surface area contributed by atoms with Crippen molar-refractivity contribution in [2.24, 2.45) is 5.92 Å². The smallest absolute Gasteiger partial charge is 0.122 e. The van der Waals surface area contributed by atoms with Crippen molar-refractivity contribution in [2.45, 2.75) is 25.6 Å². The van der Waals surface area contributed by atoms with Gasteiger partial charge < -0.3 is 14.0 Å². The molecule has 4 heterocycles. The Morgan fingerprint density at radius 1 is 1.14 bits per heavy atom. The van der Waals surface area contributed by atoms with Crippen molar-refractivity contribution in [2.75, 3.05) is 52.6 Å². The Balaban J connectivity index is 1.47. The van der Waals surface area contributed by atoms with E-state index in [1.165, 1.54) is 5.82 Å². The Bertz CT molecular complexity index is 480. The van der Waals surface area contributed by atoms with E-state index in [-0.39, 0.29) is 0 Å². The Hall–Kier alpha value is -0.950. The molecule has 0 aliphatic carbocycles. The van der Waals surface area contributed by atoms with Crippen molar-refractivity contribution in [3.8, 4) is 0 Å². The average molecular weight is 306 g/mol. The van der Waals surface area contributed by atoms with Gasteiger partial charge in [0.2, 0.25) is 0 Å². The number of imidazole rings is 1. The molecule has 0 amide bonds. The number of fused-ring (bicyclic) bond motifs is 1. The van der Waals surface area contributed by atoms with Gasteiger partial charge in [0.05, 0.1) is 26.4 Å². The summed E-state index contributed by atoms with van der Waals surface area (Å²) >= 11 is 0. The number of hydrogen-bond acceptors (Lipinski definition) is 5. The molecular weight excluding hydrogens is 280 g/mol. The Morgan fingerprint density at radius 3 is 2.86 bits per heavy atom. The van der Waals surface area contributed by atoms with E-state index in [1.54, 1.807) is 0 Å². The topological polar surface area (TPSA) is 42.8 Å². The van der Waals surface area contributed by atoms with E-state index in [0.717, 1.165) is 72.1 Å². The first-order chi connectivity index (χ1) is 10.9. The second-order valence-electron chi connectivity index (χ2n) is 6.72. The lowest BCUT2D eigenvalue weighted by molar-refractivity contribution is 0.0248. The molecule has 3 aliphatic rings. The van der Waals surface area contributed by atoms with E-state index < -0.39 is 0 Å². The number of ether oxygens (including phenoxy) is 2. The Labute approximate surface area is 132 Å². The number of aromatic nitrogens is 2.